The summed E-state index contributed by atoms with van der Waals surface area (Å²) >= 11 is 3.08. The van der Waals surface area contributed by atoms with Crippen molar-refractivity contribution in [3.05, 3.63) is 21.2 Å². The molecule has 1 aliphatic rings. The largest absolute Gasteiger partial charge is 0.390 e. The fourth-order valence-electron chi connectivity index (χ4n) is 1.97. The van der Waals surface area contributed by atoms with E-state index in [9.17, 15) is 19.6 Å². The molecule has 0 amide bonds. The molecule has 0 radical (unpaired) electrons. The van der Waals surface area contributed by atoms with Gasteiger partial charge in [0.05, 0.1) is 10.6 Å². The Labute approximate surface area is 126 Å². The topological polar surface area (TPSA) is 168 Å². The van der Waals surface area contributed by atoms with Crippen molar-refractivity contribution in [2.24, 2.45) is 0 Å². The van der Waals surface area contributed by atoms with Gasteiger partial charge in [-0.25, -0.2) is 4.79 Å². The first kappa shape index (κ1) is 16.6. The monoisotopic (exact) mass is 385 g/mol. The van der Waals surface area contributed by atoms with E-state index in [2.05, 4.69) is 20.9 Å². The molecule has 1 saturated heterocycles. The van der Waals surface area contributed by atoms with E-state index in [0.29, 0.717) is 4.47 Å². The first-order chi connectivity index (χ1) is 9.61. The minimum atomic E-state index is -4.85. The van der Waals surface area contributed by atoms with E-state index in [1.54, 1.807) is 0 Å². The molecule has 1 unspecified atom stereocenters. The van der Waals surface area contributed by atoms with Crippen molar-refractivity contribution in [2.75, 3.05) is 5.73 Å². The number of rotatable bonds is 3. The van der Waals surface area contributed by atoms with Crippen molar-refractivity contribution in [2.45, 2.75) is 30.7 Å². The Morgan fingerprint density at radius 3 is 2.76 bits per heavy atom. The number of anilines is 1. The van der Waals surface area contributed by atoms with Gasteiger partial charge in [-0.05, 0) is 15.9 Å². The van der Waals surface area contributed by atoms with Crippen LogP contribution in [-0.4, -0.2) is 47.6 Å². The molecular formula is C9H13BrN3O7P. The zero-order valence-electron chi connectivity index (χ0n) is 10.4. The van der Waals surface area contributed by atoms with Crippen LogP contribution in [0.4, 0.5) is 5.82 Å². The van der Waals surface area contributed by atoms with E-state index in [1.165, 1.54) is 6.20 Å². The molecule has 2 heterocycles. The van der Waals surface area contributed by atoms with Gasteiger partial charge in [0.1, 0.15) is 18.1 Å². The molecule has 1 aromatic heterocycles. The number of aliphatic hydroxyl groups is 2. The van der Waals surface area contributed by atoms with Gasteiger partial charge in [-0.15, -0.1) is 0 Å². The highest BCUT2D eigenvalue weighted by Gasteiger charge is 2.46. The van der Waals surface area contributed by atoms with Gasteiger partial charge in [0, 0.05) is 12.6 Å². The Morgan fingerprint density at radius 1 is 1.57 bits per heavy atom. The van der Waals surface area contributed by atoms with Gasteiger partial charge in [0.25, 0.3) is 0 Å². The van der Waals surface area contributed by atoms with Crippen molar-refractivity contribution < 1.29 is 29.3 Å². The molecule has 118 valence electrons. The number of nitrogens with two attached hydrogens (primary N) is 1. The van der Waals surface area contributed by atoms with Crippen LogP contribution in [0.5, 0.6) is 0 Å². The minimum Gasteiger partial charge on any atom is -0.390 e. The summed E-state index contributed by atoms with van der Waals surface area (Å²) < 4.78 is 17.5. The molecule has 1 fully saturated rings. The Hall–Kier alpha value is -0.810. The lowest BCUT2D eigenvalue weighted by Gasteiger charge is -2.22. The molecule has 6 N–H and O–H groups in total. The summed E-state index contributed by atoms with van der Waals surface area (Å²) in [7, 11) is -4.85. The molecule has 1 aromatic rings. The summed E-state index contributed by atoms with van der Waals surface area (Å²) in [6, 6.07) is 0. The lowest BCUT2D eigenvalue weighted by Crippen LogP contribution is -2.34. The van der Waals surface area contributed by atoms with Crippen LogP contribution in [0.3, 0.4) is 0 Å². The standard InChI is InChI=1S/C9H13BrN3O7P/c10-3-2-13(9(16)12-7(3)11)5-1-4(14)6(20-5)8(15)21(17,18)19/h2,4-6,8,14-15H,1H2,(H2,11,12,16)(H2,17,18,19)/t4-,5+,6-,8?/m0/s1. The maximum Gasteiger partial charge on any atom is 0.356 e. The second kappa shape index (κ2) is 5.76. The Morgan fingerprint density at radius 2 is 2.19 bits per heavy atom. The number of nitrogen functional groups attached to an aromatic ring is 1. The van der Waals surface area contributed by atoms with Crippen LogP contribution in [-0.2, 0) is 9.30 Å². The highest BCUT2D eigenvalue weighted by Crippen LogP contribution is 2.46. The predicted octanol–water partition coefficient (Wildman–Crippen LogP) is -1.27. The van der Waals surface area contributed by atoms with Gasteiger partial charge in [-0.1, -0.05) is 0 Å². The average molecular weight is 386 g/mol. The van der Waals surface area contributed by atoms with Gasteiger partial charge < -0.3 is 30.5 Å². The second-order valence-electron chi connectivity index (χ2n) is 4.53. The minimum absolute atomic E-state index is 0.0263. The third-order valence-corrected chi connectivity index (χ3v) is 4.61. The third-order valence-electron chi connectivity index (χ3n) is 3.02. The van der Waals surface area contributed by atoms with Crippen molar-refractivity contribution in [3.8, 4) is 0 Å². The third kappa shape index (κ3) is 3.34. The zero-order valence-corrected chi connectivity index (χ0v) is 12.9. The van der Waals surface area contributed by atoms with E-state index in [4.69, 9.17) is 20.3 Å². The molecule has 2 rings (SSSR count). The molecule has 12 heteroatoms. The van der Waals surface area contributed by atoms with E-state index >= 15 is 0 Å². The molecule has 0 aromatic carbocycles. The Kier molecular flexibility index (Phi) is 4.54. The van der Waals surface area contributed by atoms with Crippen molar-refractivity contribution in [1.29, 1.82) is 0 Å². The number of hydrogen-bond donors (Lipinski definition) is 5. The molecular weight excluding hydrogens is 373 g/mol. The number of nitrogens with zero attached hydrogens (tertiary/aromatic N) is 2. The summed E-state index contributed by atoms with van der Waals surface area (Å²) in [5.74, 6) is -2.21. The van der Waals surface area contributed by atoms with Gasteiger partial charge >= 0.3 is 13.3 Å². The summed E-state index contributed by atoms with van der Waals surface area (Å²) in [4.78, 5) is 33.1. The quantitative estimate of drug-likeness (QED) is 0.398. The molecule has 10 nitrogen and oxygen atoms in total. The fourth-order valence-corrected chi connectivity index (χ4v) is 2.93. The van der Waals surface area contributed by atoms with Gasteiger partial charge in [0.15, 0.2) is 5.85 Å². The molecule has 1 aliphatic heterocycles. The summed E-state index contributed by atoms with van der Waals surface area (Å²) in [5, 5.41) is 19.3. The van der Waals surface area contributed by atoms with Crippen LogP contribution >= 0.6 is 23.5 Å². The Bertz CT molecular complexity index is 647. The van der Waals surface area contributed by atoms with Crippen LogP contribution < -0.4 is 11.4 Å². The number of aliphatic hydroxyl groups excluding tert-OH is 2. The molecule has 21 heavy (non-hydrogen) atoms. The van der Waals surface area contributed by atoms with Crippen LogP contribution in [0.25, 0.3) is 0 Å². The van der Waals surface area contributed by atoms with Crippen LogP contribution in [0.1, 0.15) is 12.6 Å². The van der Waals surface area contributed by atoms with Crippen molar-refractivity contribution in [3.63, 3.8) is 0 Å². The van der Waals surface area contributed by atoms with Crippen LogP contribution in [0.15, 0.2) is 15.5 Å². The summed E-state index contributed by atoms with van der Waals surface area (Å²) in [5.41, 5.74) is 4.69. The van der Waals surface area contributed by atoms with Gasteiger partial charge in [-0.3, -0.25) is 9.13 Å². The predicted molar refractivity (Wildman–Crippen MR) is 73.2 cm³/mol. The number of hydrogen-bond acceptors (Lipinski definition) is 7. The Balaban J connectivity index is 2.28. The highest BCUT2D eigenvalue weighted by atomic mass is 79.9. The number of halogens is 1. The SMILES string of the molecule is Nc1nc(=O)n([C@H]2C[C@H](O)[C@@H](C(O)P(=O)(O)O)O2)cc1Br. The molecule has 4 atom stereocenters. The smallest absolute Gasteiger partial charge is 0.356 e. The summed E-state index contributed by atoms with van der Waals surface area (Å²) in [6.07, 6.45) is -2.74. The van der Waals surface area contributed by atoms with Crippen molar-refractivity contribution >= 4 is 29.3 Å². The van der Waals surface area contributed by atoms with Crippen LogP contribution in [0, 0.1) is 0 Å². The normalized spacial score (nSPS) is 27.8. The van der Waals surface area contributed by atoms with Gasteiger partial charge in [-0.2, -0.15) is 4.98 Å². The molecule has 0 aliphatic carbocycles. The lowest BCUT2D eigenvalue weighted by molar-refractivity contribution is -0.0644. The average Bonchev–Trinajstić information content (AvgIpc) is 2.73. The van der Waals surface area contributed by atoms with E-state index in [1.807, 2.05) is 0 Å². The number of aromatic nitrogens is 2. The van der Waals surface area contributed by atoms with E-state index in [-0.39, 0.29) is 12.2 Å². The molecule has 0 saturated carbocycles. The first-order valence-corrected chi connectivity index (χ1v) is 8.19. The van der Waals surface area contributed by atoms with Crippen molar-refractivity contribution in [1.82, 2.24) is 9.55 Å². The van der Waals surface area contributed by atoms with E-state index in [0.717, 1.165) is 4.57 Å². The van der Waals surface area contributed by atoms with E-state index < -0.39 is 37.6 Å². The number of ether oxygens (including phenoxy) is 1. The lowest BCUT2D eigenvalue weighted by atomic mass is 10.2. The maximum absolute atomic E-state index is 11.7. The van der Waals surface area contributed by atoms with Gasteiger partial charge in [0.2, 0.25) is 0 Å². The van der Waals surface area contributed by atoms with Crippen LogP contribution in [0.2, 0.25) is 0 Å². The summed E-state index contributed by atoms with van der Waals surface area (Å²) in [6.45, 7) is 0. The zero-order chi connectivity index (χ0) is 15.9. The maximum atomic E-state index is 11.7. The fraction of sp³-hybridized carbons (Fsp3) is 0.556. The molecule has 0 bridgehead atoms. The first-order valence-electron chi connectivity index (χ1n) is 5.72. The highest BCUT2D eigenvalue weighted by molar-refractivity contribution is 9.10. The molecule has 0 spiro atoms. The second-order valence-corrected chi connectivity index (χ2v) is 7.09.